The fourth-order valence-corrected chi connectivity index (χ4v) is 2.15. The van der Waals surface area contributed by atoms with Crippen molar-refractivity contribution in [2.24, 2.45) is 0 Å². The van der Waals surface area contributed by atoms with Crippen LogP contribution in [-0.2, 0) is 11.2 Å². The molecule has 0 aliphatic heterocycles. The molecule has 0 radical (unpaired) electrons. The van der Waals surface area contributed by atoms with Gasteiger partial charge in [-0.3, -0.25) is 0 Å². The predicted octanol–water partition coefficient (Wildman–Crippen LogP) is 5.52. The Hall–Kier alpha value is -1.51. The molecule has 0 aromatic heterocycles. The highest BCUT2D eigenvalue weighted by Crippen LogP contribution is 2.21. The summed E-state index contributed by atoms with van der Waals surface area (Å²) >= 11 is 0. The topological polar surface area (TPSA) is 35.5 Å². The number of rotatable bonds is 10. The van der Waals surface area contributed by atoms with E-state index in [-0.39, 0.29) is 0 Å². The van der Waals surface area contributed by atoms with E-state index in [1.54, 1.807) is 0 Å². The van der Waals surface area contributed by atoms with Gasteiger partial charge in [0.05, 0.1) is 6.61 Å². The lowest BCUT2D eigenvalue weighted by Crippen LogP contribution is -2.12. The Kier molecular flexibility index (Phi) is 9.34. The Balaban J connectivity index is 2.41. The Morgan fingerprint density at radius 1 is 0.952 bits per heavy atom. The molecular formula is C18H28O3. The molecule has 0 atom stereocenters. The van der Waals surface area contributed by atoms with Crippen LogP contribution in [0.4, 0.5) is 4.79 Å². The number of unbranched alkanes of at least 4 members (excludes halogenated alkanes) is 5. The van der Waals surface area contributed by atoms with E-state index in [9.17, 15) is 4.79 Å². The maximum absolute atomic E-state index is 11.6. The van der Waals surface area contributed by atoms with Gasteiger partial charge in [-0.1, -0.05) is 64.2 Å². The third-order valence-corrected chi connectivity index (χ3v) is 3.43. The number of para-hydroxylation sites is 1. The maximum Gasteiger partial charge on any atom is 0.513 e. The number of hydrogen-bond donors (Lipinski definition) is 0. The molecule has 3 nitrogen and oxygen atoms in total. The molecule has 0 saturated carbocycles. The molecule has 0 aliphatic rings. The van der Waals surface area contributed by atoms with Gasteiger partial charge in [0.2, 0.25) is 0 Å². The van der Waals surface area contributed by atoms with Crippen molar-refractivity contribution in [1.29, 1.82) is 0 Å². The van der Waals surface area contributed by atoms with Crippen molar-refractivity contribution in [2.45, 2.75) is 65.2 Å². The van der Waals surface area contributed by atoms with Gasteiger partial charge >= 0.3 is 6.16 Å². The van der Waals surface area contributed by atoms with Crippen LogP contribution in [0.2, 0.25) is 0 Å². The molecule has 0 aliphatic carbocycles. The van der Waals surface area contributed by atoms with Crippen LogP contribution in [-0.4, -0.2) is 12.8 Å². The molecule has 0 N–H and O–H groups in total. The Bertz CT molecular complexity index is 401. The smallest absolute Gasteiger partial charge is 0.434 e. The number of ether oxygens (including phenoxy) is 2. The van der Waals surface area contributed by atoms with Crippen LogP contribution in [0.15, 0.2) is 24.3 Å². The van der Waals surface area contributed by atoms with Gasteiger partial charge < -0.3 is 9.47 Å². The molecule has 0 saturated heterocycles. The van der Waals surface area contributed by atoms with E-state index in [2.05, 4.69) is 13.8 Å². The first-order valence-electron chi connectivity index (χ1n) is 8.20. The zero-order chi connectivity index (χ0) is 15.3. The molecule has 21 heavy (non-hydrogen) atoms. The molecule has 3 heteroatoms. The Morgan fingerprint density at radius 2 is 1.67 bits per heavy atom. The molecule has 118 valence electrons. The van der Waals surface area contributed by atoms with Crippen LogP contribution in [0.25, 0.3) is 0 Å². The Morgan fingerprint density at radius 3 is 2.43 bits per heavy atom. The van der Waals surface area contributed by atoms with Gasteiger partial charge in [0, 0.05) is 0 Å². The van der Waals surface area contributed by atoms with Gasteiger partial charge in [-0.15, -0.1) is 0 Å². The number of benzene rings is 1. The predicted molar refractivity (Wildman–Crippen MR) is 85.8 cm³/mol. The van der Waals surface area contributed by atoms with Crippen molar-refractivity contribution in [2.75, 3.05) is 6.61 Å². The first kappa shape index (κ1) is 17.5. The van der Waals surface area contributed by atoms with Crippen molar-refractivity contribution in [3.8, 4) is 5.75 Å². The normalized spacial score (nSPS) is 10.4. The molecular weight excluding hydrogens is 264 g/mol. The van der Waals surface area contributed by atoms with Crippen LogP contribution in [0.3, 0.4) is 0 Å². The standard InChI is InChI=1S/C18H28O3/c1-3-5-7-8-9-12-16-13-10-11-14-17(16)21-18(19)20-15-6-4-2/h10-11,13-14H,3-9,12,15H2,1-2H3. The summed E-state index contributed by atoms with van der Waals surface area (Å²) in [5.41, 5.74) is 1.08. The number of carbonyl (C=O) groups is 1. The zero-order valence-electron chi connectivity index (χ0n) is 13.4. The largest absolute Gasteiger partial charge is 0.513 e. The van der Waals surface area contributed by atoms with Crippen LogP contribution >= 0.6 is 0 Å². The van der Waals surface area contributed by atoms with Gasteiger partial charge in [0.25, 0.3) is 0 Å². The van der Waals surface area contributed by atoms with E-state index in [1.165, 1.54) is 25.7 Å². The van der Waals surface area contributed by atoms with Crippen molar-refractivity contribution >= 4 is 6.16 Å². The Labute approximate surface area is 128 Å². The van der Waals surface area contributed by atoms with Crippen LogP contribution in [0.1, 0.15) is 64.4 Å². The van der Waals surface area contributed by atoms with E-state index in [0.29, 0.717) is 12.4 Å². The first-order chi connectivity index (χ1) is 10.3. The van der Waals surface area contributed by atoms with E-state index in [1.807, 2.05) is 24.3 Å². The summed E-state index contributed by atoms with van der Waals surface area (Å²) < 4.78 is 10.3. The summed E-state index contributed by atoms with van der Waals surface area (Å²) in [5.74, 6) is 0.634. The zero-order valence-corrected chi connectivity index (χ0v) is 13.4. The molecule has 1 aromatic rings. The van der Waals surface area contributed by atoms with Crippen molar-refractivity contribution in [3.05, 3.63) is 29.8 Å². The monoisotopic (exact) mass is 292 g/mol. The van der Waals surface area contributed by atoms with Gasteiger partial charge in [0.15, 0.2) is 0 Å². The molecule has 0 heterocycles. The van der Waals surface area contributed by atoms with Crippen molar-refractivity contribution in [1.82, 2.24) is 0 Å². The van der Waals surface area contributed by atoms with Crippen LogP contribution < -0.4 is 4.74 Å². The van der Waals surface area contributed by atoms with Gasteiger partial charge in [0.1, 0.15) is 5.75 Å². The second-order valence-electron chi connectivity index (χ2n) is 5.33. The van der Waals surface area contributed by atoms with Crippen molar-refractivity contribution in [3.63, 3.8) is 0 Å². The lowest BCUT2D eigenvalue weighted by atomic mass is 10.0. The van der Waals surface area contributed by atoms with Gasteiger partial charge in [-0.2, -0.15) is 0 Å². The highest BCUT2D eigenvalue weighted by atomic mass is 16.7. The SMILES string of the molecule is CCCCCCCc1ccccc1OC(=O)OCCCC. The fourth-order valence-electron chi connectivity index (χ4n) is 2.15. The minimum absolute atomic E-state index is 0.425. The highest BCUT2D eigenvalue weighted by Gasteiger charge is 2.09. The summed E-state index contributed by atoms with van der Waals surface area (Å²) in [7, 11) is 0. The third kappa shape index (κ3) is 7.74. The summed E-state index contributed by atoms with van der Waals surface area (Å²) in [4.78, 5) is 11.6. The molecule has 0 amide bonds. The van der Waals surface area contributed by atoms with Crippen LogP contribution in [0, 0.1) is 0 Å². The molecule has 0 unspecified atom stereocenters. The average molecular weight is 292 g/mol. The number of aryl methyl sites for hydroxylation is 1. The van der Waals surface area contributed by atoms with E-state index >= 15 is 0 Å². The lowest BCUT2D eigenvalue weighted by molar-refractivity contribution is 0.0975. The average Bonchev–Trinajstić information content (AvgIpc) is 2.49. The second-order valence-corrected chi connectivity index (χ2v) is 5.33. The van der Waals surface area contributed by atoms with E-state index < -0.39 is 6.16 Å². The van der Waals surface area contributed by atoms with Crippen molar-refractivity contribution < 1.29 is 14.3 Å². The highest BCUT2D eigenvalue weighted by molar-refractivity contribution is 5.64. The molecule has 0 bridgehead atoms. The number of carbonyl (C=O) groups excluding carboxylic acids is 1. The lowest BCUT2D eigenvalue weighted by Gasteiger charge is -2.10. The first-order valence-corrected chi connectivity index (χ1v) is 8.20. The van der Waals surface area contributed by atoms with Gasteiger partial charge in [-0.25, -0.2) is 4.79 Å². The fraction of sp³-hybridized carbons (Fsp3) is 0.611. The summed E-state index contributed by atoms with van der Waals surface area (Å²) in [6.07, 6.45) is 8.40. The summed E-state index contributed by atoms with van der Waals surface area (Å²) in [6.45, 7) is 4.70. The minimum atomic E-state index is -0.595. The molecule has 1 rings (SSSR count). The minimum Gasteiger partial charge on any atom is -0.434 e. The number of hydrogen-bond acceptors (Lipinski definition) is 3. The molecule has 0 fully saturated rings. The molecule has 1 aromatic carbocycles. The maximum atomic E-state index is 11.6. The second kappa shape index (κ2) is 11.2. The van der Waals surface area contributed by atoms with E-state index in [4.69, 9.17) is 9.47 Å². The third-order valence-electron chi connectivity index (χ3n) is 3.43. The van der Waals surface area contributed by atoms with E-state index in [0.717, 1.165) is 31.2 Å². The molecule has 0 spiro atoms. The van der Waals surface area contributed by atoms with Gasteiger partial charge in [-0.05, 0) is 30.9 Å². The summed E-state index contributed by atoms with van der Waals surface area (Å²) in [5, 5.41) is 0. The quantitative estimate of drug-likeness (QED) is 0.324. The summed E-state index contributed by atoms with van der Waals surface area (Å²) in [6, 6.07) is 7.73. The van der Waals surface area contributed by atoms with Crippen LogP contribution in [0.5, 0.6) is 5.75 Å².